The van der Waals surface area contributed by atoms with Crippen LogP contribution in [0.1, 0.15) is 37.0 Å². The van der Waals surface area contributed by atoms with Crippen molar-refractivity contribution in [2.45, 2.75) is 26.7 Å². The highest BCUT2D eigenvalue weighted by atomic mass is 19.2. The minimum absolute atomic E-state index is 0.103. The molecule has 0 fully saturated rings. The normalized spacial score (nSPS) is 10.4. The van der Waals surface area contributed by atoms with Gasteiger partial charge in [-0.05, 0) is 60.9 Å². The Morgan fingerprint density at radius 1 is 0.793 bits per heavy atom. The fourth-order valence-electron chi connectivity index (χ4n) is 3.00. The molecule has 0 radical (unpaired) electrons. The molecule has 3 aromatic rings. The molecule has 3 aromatic carbocycles. The lowest BCUT2D eigenvalue weighted by molar-refractivity contribution is 0.314. The van der Waals surface area contributed by atoms with Gasteiger partial charge in [0.05, 0.1) is 6.61 Å². The molecule has 0 spiro atoms. The van der Waals surface area contributed by atoms with Crippen molar-refractivity contribution in [1.82, 2.24) is 0 Å². The maximum atomic E-state index is 14.3. The quantitative estimate of drug-likeness (QED) is 0.448. The first kappa shape index (κ1) is 20.5. The van der Waals surface area contributed by atoms with Crippen LogP contribution in [0.3, 0.4) is 0 Å². The van der Waals surface area contributed by atoms with E-state index in [1.54, 1.807) is 43.3 Å². The van der Waals surface area contributed by atoms with Crippen molar-refractivity contribution in [3.63, 3.8) is 0 Å². The highest BCUT2D eigenvalue weighted by Crippen LogP contribution is 2.30. The van der Waals surface area contributed by atoms with E-state index >= 15 is 0 Å². The monoisotopic (exact) mass is 394 g/mol. The lowest BCUT2D eigenvalue weighted by Gasteiger charge is -2.09. The molecule has 0 unspecified atom stereocenters. The van der Waals surface area contributed by atoms with Crippen LogP contribution in [0.5, 0.6) is 5.75 Å². The highest BCUT2D eigenvalue weighted by molar-refractivity contribution is 5.66. The molecule has 0 bridgehead atoms. The molecule has 0 heterocycles. The van der Waals surface area contributed by atoms with Crippen LogP contribution >= 0.6 is 0 Å². The van der Waals surface area contributed by atoms with Gasteiger partial charge in [0.25, 0.3) is 0 Å². The molecule has 0 aliphatic heterocycles. The smallest absolute Gasteiger partial charge is 0.201 e. The third kappa shape index (κ3) is 4.81. The average Bonchev–Trinajstić information content (AvgIpc) is 2.73. The molecule has 0 N–H and O–H groups in total. The van der Waals surface area contributed by atoms with Gasteiger partial charge in [-0.3, -0.25) is 0 Å². The standard InChI is InChI=1S/C25H21F3O/c1-3-5-20-13-10-18(16-22(20)26)7-6-17-8-11-19(12-9-17)21-14-15-23(29-4-2)25(28)24(21)27/h8-16H,3-5H2,1-2H3. The van der Waals surface area contributed by atoms with E-state index in [0.29, 0.717) is 28.7 Å². The van der Waals surface area contributed by atoms with Gasteiger partial charge in [0.2, 0.25) is 5.82 Å². The summed E-state index contributed by atoms with van der Waals surface area (Å²) in [6.07, 6.45) is 1.58. The summed E-state index contributed by atoms with van der Waals surface area (Å²) in [4.78, 5) is 0. The molecular weight excluding hydrogens is 373 g/mol. The van der Waals surface area contributed by atoms with Gasteiger partial charge in [-0.1, -0.05) is 43.4 Å². The maximum absolute atomic E-state index is 14.3. The zero-order chi connectivity index (χ0) is 20.8. The SMILES string of the molecule is CCCc1ccc(C#Cc2ccc(-c3ccc(OCC)c(F)c3F)cc2)cc1F. The molecule has 0 saturated carbocycles. The summed E-state index contributed by atoms with van der Waals surface area (Å²) in [6, 6.07) is 14.7. The summed E-state index contributed by atoms with van der Waals surface area (Å²) in [7, 11) is 0. The van der Waals surface area contributed by atoms with Crippen LogP contribution in [0.4, 0.5) is 13.2 Å². The maximum Gasteiger partial charge on any atom is 0.201 e. The molecule has 0 amide bonds. The van der Waals surface area contributed by atoms with E-state index in [1.807, 2.05) is 6.92 Å². The molecule has 29 heavy (non-hydrogen) atoms. The van der Waals surface area contributed by atoms with Crippen LogP contribution in [-0.4, -0.2) is 6.61 Å². The summed E-state index contributed by atoms with van der Waals surface area (Å²) in [5.74, 6) is 3.60. The first-order valence-corrected chi connectivity index (χ1v) is 9.55. The van der Waals surface area contributed by atoms with Gasteiger partial charge >= 0.3 is 0 Å². The Morgan fingerprint density at radius 3 is 2.14 bits per heavy atom. The van der Waals surface area contributed by atoms with Crippen molar-refractivity contribution in [2.75, 3.05) is 6.61 Å². The molecule has 0 saturated heterocycles. The first-order valence-electron chi connectivity index (χ1n) is 9.55. The van der Waals surface area contributed by atoms with Crippen LogP contribution in [0.2, 0.25) is 0 Å². The predicted octanol–water partition coefficient (Wildman–Crippen LogP) is 6.52. The third-order valence-corrected chi connectivity index (χ3v) is 4.47. The summed E-state index contributed by atoms with van der Waals surface area (Å²) in [6.45, 7) is 3.97. The predicted molar refractivity (Wildman–Crippen MR) is 109 cm³/mol. The summed E-state index contributed by atoms with van der Waals surface area (Å²) >= 11 is 0. The molecule has 0 aliphatic rings. The van der Waals surface area contributed by atoms with Gasteiger partial charge in [-0.25, -0.2) is 8.78 Å². The Labute approximate surface area is 169 Å². The Balaban J connectivity index is 1.81. The number of rotatable bonds is 5. The zero-order valence-electron chi connectivity index (χ0n) is 16.4. The van der Waals surface area contributed by atoms with Gasteiger partial charge in [0.1, 0.15) is 5.82 Å². The topological polar surface area (TPSA) is 9.23 Å². The third-order valence-electron chi connectivity index (χ3n) is 4.47. The van der Waals surface area contributed by atoms with Gasteiger partial charge < -0.3 is 4.74 Å². The van der Waals surface area contributed by atoms with E-state index in [2.05, 4.69) is 11.8 Å². The van der Waals surface area contributed by atoms with Crippen molar-refractivity contribution in [3.8, 4) is 28.7 Å². The van der Waals surface area contributed by atoms with Crippen LogP contribution < -0.4 is 4.74 Å². The fraction of sp³-hybridized carbons (Fsp3) is 0.200. The van der Waals surface area contributed by atoms with Gasteiger partial charge in [-0.15, -0.1) is 0 Å². The van der Waals surface area contributed by atoms with Gasteiger partial charge in [0.15, 0.2) is 11.6 Å². The number of ether oxygens (including phenoxy) is 1. The zero-order valence-corrected chi connectivity index (χ0v) is 16.4. The average molecular weight is 394 g/mol. The molecular formula is C25H21F3O. The van der Waals surface area contributed by atoms with E-state index in [1.165, 1.54) is 18.2 Å². The highest BCUT2D eigenvalue weighted by Gasteiger charge is 2.15. The Hall–Kier alpha value is -3.19. The molecule has 0 atom stereocenters. The molecule has 3 rings (SSSR count). The molecule has 1 nitrogen and oxygen atoms in total. The van der Waals surface area contributed by atoms with Crippen molar-refractivity contribution in [1.29, 1.82) is 0 Å². The summed E-state index contributed by atoms with van der Waals surface area (Å²) in [5.41, 5.74) is 2.65. The second-order valence-corrected chi connectivity index (χ2v) is 6.56. The number of aryl methyl sites for hydroxylation is 1. The molecule has 148 valence electrons. The Morgan fingerprint density at radius 2 is 1.48 bits per heavy atom. The fourth-order valence-corrected chi connectivity index (χ4v) is 3.00. The molecule has 4 heteroatoms. The second-order valence-electron chi connectivity index (χ2n) is 6.56. The van der Waals surface area contributed by atoms with Crippen molar-refractivity contribution in [3.05, 3.63) is 88.7 Å². The van der Waals surface area contributed by atoms with Crippen molar-refractivity contribution in [2.24, 2.45) is 0 Å². The van der Waals surface area contributed by atoms with Gasteiger partial charge in [0, 0.05) is 16.7 Å². The second kappa shape index (κ2) is 9.34. The first-order chi connectivity index (χ1) is 14.0. The van der Waals surface area contributed by atoms with Crippen LogP contribution in [-0.2, 0) is 6.42 Å². The van der Waals surface area contributed by atoms with E-state index < -0.39 is 11.6 Å². The lowest BCUT2D eigenvalue weighted by Crippen LogP contribution is -1.98. The van der Waals surface area contributed by atoms with E-state index in [-0.39, 0.29) is 23.7 Å². The minimum Gasteiger partial charge on any atom is -0.491 e. The largest absolute Gasteiger partial charge is 0.491 e. The number of hydrogen-bond donors (Lipinski definition) is 0. The minimum atomic E-state index is -0.998. The number of halogens is 3. The number of hydrogen-bond acceptors (Lipinski definition) is 1. The summed E-state index contributed by atoms with van der Waals surface area (Å²) < 4.78 is 47.5. The van der Waals surface area contributed by atoms with Crippen LogP contribution in [0, 0.1) is 29.3 Å². The molecule has 0 aliphatic carbocycles. The van der Waals surface area contributed by atoms with E-state index in [9.17, 15) is 13.2 Å². The van der Waals surface area contributed by atoms with Crippen molar-refractivity contribution >= 4 is 0 Å². The lowest BCUT2D eigenvalue weighted by atomic mass is 10.0. The van der Waals surface area contributed by atoms with E-state index in [0.717, 1.165) is 6.42 Å². The van der Waals surface area contributed by atoms with Gasteiger partial charge in [-0.2, -0.15) is 4.39 Å². The Bertz CT molecular complexity index is 1060. The van der Waals surface area contributed by atoms with E-state index in [4.69, 9.17) is 4.74 Å². The molecule has 0 aromatic heterocycles. The van der Waals surface area contributed by atoms with Crippen LogP contribution in [0.15, 0.2) is 54.6 Å². The summed E-state index contributed by atoms with van der Waals surface area (Å²) in [5, 5.41) is 0. The Kier molecular flexibility index (Phi) is 6.61. The van der Waals surface area contributed by atoms with Crippen LogP contribution in [0.25, 0.3) is 11.1 Å². The van der Waals surface area contributed by atoms with Crippen molar-refractivity contribution < 1.29 is 17.9 Å². The number of benzene rings is 3.